The number of aryl methyl sites for hydroxylation is 3. The van der Waals surface area contributed by atoms with E-state index in [4.69, 9.17) is 0 Å². The van der Waals surface area contributed by atoms with Crippen LogP contribution in [0.15, 0.2) is 9.59 Å². The maximum absolute atomic E-state index is 12.2. The van der Waals surface area contributed by atoms with Gasteiger partial charge in [-0.15, -0.1) is 0 Å². The first-order valence-corrected chi connectivity index (χ1v) is 8.24. The van der Waals surface area contributed by atoms with E-state index in [2.05, 4.69) is 31.1 Å². The van der Waals surface area contributed by atoms with Crippen molar-refractivity contribution in [2.45, 2.75) is 47.1 Å². The molecule has 2 rings (SSSR count). The molecule has 23 heavy (non-hydrogen) atoms. The lowest BCUT2D eigenvalue weighted by Crippen LogP contribution is -2.37. The highest BCUT2D eigenvalue weighted by Gasteiger charge is 2.16. The molecule has 2 heterocycles. The fourth-order valence-electron chi connectivity index (χ4n) is 2.40. The van der Waals surface area contributed by atoms with Gasteiger partial charge in [-0.2, -0.15) is 0 Å². The third-order valence-corrected chi connectivity index (χ3v) is 3.77. The van der Waals surface area contributed by atoms with Gasteiger partial charge in [0.1, 0.15) is 5.82 Å². The number of fused-ring (bicyclic) bond motifs is 1. The van der Waals surface area contributed by atoms with Gasteiger partial charge in [0.05, 0.1) is 0 Å². The molecule has 7 heteroatoms. The second kappa shape index (κ2) is 8.67. The Bertz CT molecular complexity index is 752. The molecule has 0 aliphatic heterocycles. The highest BCUT2D eigenvalue weighted by atomic mass is 16.2. The van der Waals surface area contributed by atoms with Crippen molar-refractivity contribution in [1.29, 1.82) is 0 Å². The van der Waals surface area contributed by atoms with Gasteiger partial charge in [-0.1, -0.05) is 27.2 Å². The Morgan fingerprint density at radius 3 is 2.13 bits per heavy atom. The summed E-state index contributed by atoms with van der Waals surface area (Å²) >= 11 is 0. The predicted molar refractivity (Wildman–Crippen MR) is 94.1 cm³/mol. The van der Waals surface area contributed by atoms with Crippen molar-refractivity contribution in [3.63, 3.8) is 0 Å². The molecule has 0 unspecified atom stereocenters. The summed E-state index contributed by atoms with van der Waals surface area (Å²) in [7, 11) is 3.14. The fraction of sp³-hybridized carbons (Fsp3) is 0.688. The first kappa shape index (κ1) is 19.2. The third kappa shape index (κ3) is 4.10. The summed E-state index contributed by atoms with van der Waals surface area (Å²) in [4.78, 5) is 28.3. The molecule has 7 nitrogen and oxygen atoms in total. The van der Waals surface area contributed by atoms with Gasteiger partial charge in [-0.25, -0.2) is 9.78 Å². The number of rotatable bonds is 5. The zero-order valence-electron chi connectivity index (χ0n) is 15.1. The van der Waals surface area contributed by atoms with Gasteiger partial charge < -0.3 is 9.88 Å². The van der Waals surface area contributed by atoms with Crippen molar-refractivity contribution < 1.29 is 0 Å². The van der Waals surface area contributed by atoms with Gasteiger partial charge in [0.2, 0.25) is 0 Å². The summed E-state index contributed by atoms with van der Waals surface area (Å²) in [6.45, 7) is 11.1. The highest BCUT2D eigenvalue weighted by Crippen LogP contribution is 2.11. The molecule has 0 bridgehead atoms. The predicted octanol–water partition coefficient (Wildman–Crippen LogP) is 1.16. The number of aromatic nitrogens is 4. The van der Waals surface area contributed by atoms with Crippen LogP contribution in [-0.2, 0) is 20.6 Å². The van der Waals surface area contributed by atoms with Crippen LogP contribution < -0.4 is 16.6 Å². The fourth-order valence-corrected chi connectivity index (χ4v) is 2.40. The average Bonchev–Trinajstić information content (AvgIpc) is 2.87. The molecule has 130 valence electrons. The summed E-state index contributed by atoms with van der Waals surface area (Å²) in [6, 6.07) is 0. The van der Waals surface area contributed by atoms with E-state index in [0.29, 0.717) is 11.2 Å². The molecule has 2 aromatic rings. The maximum atomic E-state index is 12.2. The van der Waals surface area contributed by atoms with E-state index in [0.717, 1.165) is 42.9 Å². The largest absolute Gasteiger partial charge is 0.332 e. The van der Waals surface area contributed by atoms with Gasteiger partial charge in [0.25, 0.3) is 5.56 Å². The molecule has 0 fully saturated rings. The lowest BCUT2D eigenvalue weighted by molar-refractivity contribution is 0.625. The molecule has 0 aromatic carbocycles. The first-order valence-electron chi connectivity index (χ1n) is 8.24. The lowest BCUT2D eigenvalue weighted by atomic mass is 10.3. The molecule has 1 N–H and O–H groups in total. The van der Waals surface area contributed by atoms with Gasteiger partial charge in [0, 0.05) is 20.6 Å². The van der Waals surface area contributed by atoms with Gasteiger partial charge in [-0.05, 0) is 26.4 Å². The van der Waals surface area contributed by atoms with Gasteiger partial charge in [-0.3, -0.25) is 13.9 Å². The Kier molecular flexibility index (Phi) is 7.22. The second-order valence-electron chi connectivity index (χ2n) is 5.50. The van der Waals surface area contributed by atoms with E-state index in [1.807, 2.05) is 11.5 Å². The molecule has 0 saturated carbocycles. The van der Waals surface area contributed by atoms with Gasteiger partial charge in [0.15, 0.2) is 11.2 Å². The standard InChI is InChI=1S/C12H18N4O2.C4H11N/c1-5-6-7-16-8(2)13-10-9(16)11(17)15(4)12(18)14(10)3;1-3-5-4-2/h5-7H2,1-4H3;5H,3-4H2,1-2H3. The molecule has 0 spiro atoms. The summed E-state index contributed by atoms with van der Waals surface area (Å²) in [5.41, 5.74) is 0.375. The van der Waals surface area contributed by atoms with Crippen LogP contribution in [0, 0.1) is 6.92 Å². The molecule has 0 amide bonds. The average molecular weight is 323 g/mol. The topological polar surface area (TPSA) is 73.8 Å². The van der Waals surface area contributed by atoms with Crippen LogP contribution in [0.25, 0.3) is 11.2 Å². The zero-order chi connectivity index (χ0) is 17.6. The Labute approximate surface area is 137 Å². The Morgan fingerprint density at radius 1 is 1.04 bits per heavy atom. The van der Waals surface area contributed by atoms with Crippen LogP contribution in [0.1, 0.15) is 39.4 Å². The Balaban J connectivity index is 0.000000463. The maximum Gasteiger partial charge on any atom is 0.332 e. The van der Waals surface area contributed by atoms with E-state index in [1.54, 1.807) is 7.05 Å². The number of hydrogen-bond donors (Lipinski definition) is 1. The molecule has 0 saturated heterocycles. The molecular formula is C16H29N5O2. The normalized spacial score (nSPS) is 10.7. The molecule has 2 aromatic heterocycles. The molecule has 0 aliphatic carbocycles. The Hall–Kier alpha value is -1.89. The number of nitrogens with zero attached hydrogens (tertiary/aromatic N) is 4. The summed E-state index contributed by atoms with van der Waals surface area (Å²) in [5.74, 6) is 0.775. The molecular weight excluding hydrogens is 294 g/mol. The number of nitrogens with one attached hydrogen (secondary N) is 1. The monoisotopic (exact) mass is 323 g/mol. The van der Waals surface area contributed by atoms with E-state index in [9.17, 15) is 9.59 Å². The van der Waals surface area contributed by atoms with Crippen LogP contribution in [0.5, 0.6) is 0 Å². The minimum Gasteiger partial charge on any atom is -0.322 e. The van der Waals surface area contributed by atoms with Crippen molar-refractivity contribution in [2.75, 3.05) is 13.1 Å². The highest BCUT2D eigenvalue weighted by molar-refractivity contribution is 5.70. The summed E-state index contributed by atoms with van der Waals surface area (Å²) in [5, 5.41) is 3.11. The van der Waals surface area contributed by atoms with Crippen molar-refractivity contribution in [3.8, 4) is 0 Å². The second-order valence-corrected chi connectivity index (χ2v) is 5.50. The van der Waals surface area contributed by atoms with E-state index >= 15 is 0 Å². The number of imidazole rings is 1. The first-order chi connectivity index (χ1) is 10.9. The van der Waals surface area contributed by atoms with E-state index < -0.39 is 0 Å². The smallest absolute Gasteiger partial charge is 0.322 e. The SMILES string of the molecule is CCCCn1c(C)nc2c1c(=O)n(C)c(=O)n2C.CCNCC. The minimum atomic E-state index is -0.340. The quantitative estimate of drug-likeness (QED) is 0.896. The zero-order valence-corrected chi connectivity index (χ0v) is 15.1. The molecule has 0 atom stereocenters. The minimum absolute atomic E-state index is 0.273. The van der Waals surface area contributed by atoms with Gasteiger partial charge >= 0.3 is 5.69 Å². The van der Waals surface area contributed by atoms with Crippen molar-refractivity contribution >= 4 is 11.2 Å². The summed E-state index contributed by atoms with van der Waals surface area (Å²) in [6.07, 6.45) is 2.03. The number of unbranched alkanes of at least 4 members (excludes halogenated alkanes) is 1. The number of hydrogen-bond acceptors (Lipinski definition) is 4. The van der Waals surface area contributed by atoms with Crippen molar-refractivity contribution in [3.05, 3.63) is 26.7 Å². The van der Waals surface area contributed by atoms with Crippen molar-refractivity contribution in [1.82, 2.24) is 24.0 Å². The van der Waals surface area contributed by atoms with E-state index in [-0.39, 0.29) is 11.2 Å². The lowest BCUT2D eigenvalue weighted by Gasteiger charge is -2.06. The van der Waals surface area contributed by atoms with E-state index in [1.165, 1.54) is 11.6 Å². The summed E-state index contributed by atoms with van der Waals surface area (Å²) < 4.78 is 4.46. The van der Waals surface area contributed by atoms with Crippen LogP contribution in [-0.4, -0.2) is 31.8 Å². The van der Waals surface area contributed by atoms with Crippen LogP contribution in [0.3, 0.4) is 0 Å². The van der Waals surface area contributed by atoms with Crippen molar-refractivity contribution in [2.24, 2.45) is 14.1 Å². The molecule has 0 aliphatic rings. The van der Waals surface area contributed by atoms with Crippen LogP contribution in [0.4, 0.5) is 0 Å². The van der Waals surface area contributed by atoms with Crippen LogP contribution in [0.2, 0.25) is 0 Å². The van der Waals surface area contributed by atoms with Crippen LogP contribution >= 0.6 is 0 Å². The Morgan fingerprint density at radius 2 is 1.65 bits per heavy atom. The third-order valence-electron chi connectivity index (χ3n) is 3.77. The molecule has 0 radical (unpaired) electrons.